The zero-order valence-electron chi connectivity index (χ0n) is 8.80. The van der Waals surface area contributed by atoms with Gasteiger partial charge in [-0.05, 0) is 17.7 Å². The third-order valence-electron chi connectivity index (χ3n) is 3.00. The van der Waals surface area contributed by atoms with E-state index in [1.165, 1.54) is 0 Å². The predicted octanol–water partition coefficient (Wildman–Crippen LogP) is 2.57. The minimum absolute atomic E-state index is 0.170. The Morgan fingerprint density at radius 2 is 2.00 bits per heavy atom. The molecule has 0 saturated carbocycles. The second-order valence-electron chi connectivity index (χ2n) is 4.06. The molecular formula is C14H13NO. The number of rotatable bonds is 0. The number of fused-ring (bicyclic) bond motifs is 2. The van der Waals surface area contributed by atoms with Gasteiger partial charge in [-0.25, -0.2) is 0 Å². The number of anilines is 1. The van der Waals surface area contributed by atoms with Gasteiger partial charge in [0.05, 0.1) is 12.1 Å². The quantitative estimate of drug-likeness (QED) is 0.691. The molecule has 1 aromatic carbocycles. The number of para-hydroxylation sites is 1. The average Bonchev–Trinajstić information content (AvgIpc) is 2.45. The van der Waals surface area contributed by atoms with Crippen molar-refractivity contribution < 1.29 is 5.11 Å². The van der Waals surface area contributed by atoms with E-state index in [1.54, 1.807) is 0 Å². The van der Waals surface area contributed by atoms with E-state index in [0.29, 0.717) is 0 Å². The summed E-state index contributed by atoms with van der Waals surface area (Å²) in [7, 11) is 0. The van der Waals surface area contributed by atoms with Crippen LogP contribution in [0.2, 0.25) is 0 Å². The van der Waals surface area contributed by atoms with E-state index in [2.05, 4.69) is 11.4 Å². The van der Waals surface area contributed by atoms with E-state index < -0.39 is 6.10 Å². The zero-order valence-corrected chi connectivity index (χ0v) is 8.80. The summed E-state index contributed by atoms with van der Waals surface area (Å²) < 4.78 is 0. The van der Waals surface area contributed by atoms with Gasteiger partial charge in [0, 0.05) is 11.3 Å². The van der Waals surface area contributed by atoms with Gasteiger partial charge in [-0.15, -0.1) is 0 Å². The maximum absolute atomic E-state index is 10.1. The molecule has 0 aromatic heterocycles. The number of hydrogen-bond acceptors (Lipinski definition) is 2. The molecule has 2 nitrogen and oxygen atoms in total. The molecule has 0 amide bonds. The van der Waals surface area contributed by atoms with Gasteiger partial charge >= 0.3 is 0 Å². The lowest BCUT2D eigenvalue weighted by Crippen LogP contribution is -2.19. The Bertz CT molecular complexity index is 499. The van der Waals surface area contributed by atoms with Gasteiger partial charge in [-0.1, -0.05) is 42.5 Å². The van der Waals surface area contributed by atoms with Crippen LogP contribution in [0, 0.1) is 0 Å². The van der Waals surface area contributed by atoms with E-state index in [1.807, 2.05) is 48.6 Å². The molecule has 16 heavy (non-hydrogen) atoms. The zero-order chi connectivity index (χ0) is 11.0. The summed E-state index contributed by atoms with van der Waals surface area (Å²) >= 11 is 0. The normalized spacial score (nSPS) is 26.2. The van der Waals surface area contributed by atoms with Gasteiger partial charge in [0.1, 0.15) is 0 Å². The first kappa shape index (κ1) is 9.43. The third-order valence-corrected chi connectivity index (χ3v) is 3.00. The molecular weight excluding hydrogens is 198 g/mol. The highest BCUT2D eigenvalue weighted by Crippen LogP contribution is 2.31. The second-order valence-corrected chi connectivity index (χ2v) is 4.06. The van der Waals surface area contributed by atoms with Crippen molar-refractivity contribution in [2.75, 3.05) is 5.32 Å². The maximum atomic E-state index is 10.1. The van der Waals surface area contributed by atoms with E-state index in [9.17, 15) is 5.11 Å². The lowest BCUT2D eigenvalue weighted by Gasteiger charge is -2.18. The molecule has 2 aliphatic rings. The molecule has 1 aromatic rings. The van der Waals surface area contributed by atoms with E-state index in [-0.39, 0.29) is 6.04 Å². The summed E-state index contributed by atoms with van der Waals surface area (Å²) in [6, 6.07) is 8.05. The molecule has 0 saturated heterocycles. The number of benzene rings is 1. The highest BCUT2D eigenvalue weighted by atomic mass is 16.3. The molecule has 2 unspecified atom stereocenters. The van der Waals surface area contributed by atoms with Crippen LogP contribution in [0.25, 0.3) is 0 Å². The Hall–Kier alpha value is -1.80. The van der Waals surface area contributed by atoms with Crippen LogP contribution in [0.3, 0.4) is 0 Å². The van der Waals surface area contributed by atoms with Crippen molar-refractivity contribution in [3.05, 3.63) is 65.8 Å². The van der Waals surface area contributed by atoms with Crippen LogP contribution in [0.4, 0.5) is 5.69 Å². The van der Waals surface area contributed by atoms with Crippen LogP contribution >= 0.6 is 0 Å². The smallest absolute Gasteiger partial charge is 0.0998 e. The fourth-order valence-electron chi connectivity index (χ4n) is 2.17. The van der Waals surface area contributed by atoms with Crippen molar-refractivity contribution in [3.8, 4) is 0 Å². The Kier molecular flexibility index (Phi) is 2.15. The molecule has 80 valence electrons. The Morgan fingerprint density at radius 1 is 1.12 bits per heavy atom. The minimum atomic E-state index is -0.528. The summed E-state index contributed by atoms with van der Waals surface area (Å²) in [6.07, 6.45) is 9.53. The molecule has 2 heteroatoms. The summed E-state index contributed by atoms with van der Waals surface area (Å²) in [4.78, 5) is 0. The molecule has 3 rings (SSSR count). The van der Waals surface area contributed by atoms with E-state index in [4.69, 9.17) is 0 Å². The number of nitrogens with one attached hydrogen (secondary N) is 1. The fourth-order valence-corrected chi connectivity index (χ4v) is 2.17. The molecule has 2 N–H and O–H groups in total. The molecule has 1 heterocycles. The van der Waals surface area contributed by atoms with Gasteiger partial charge in [-0.3, -0.25) is 0 Å². The second kappa shape index (κ2) is 3.65. The highest BCUT2D eigenvalue weighted by molar-refractivity contribution is 5.60. The molecule has 1 aliphatic carbocycles. The van der Waals surface area contributed by atoms with E-state index in [0.717, 1.165) is 16.8 Å². The van der Waals surface area contributed by atoms with Crippen LogP contribution in [0.5, 0.6) is 0 Å². The van der Waals surface area contributed by atoms with Crippen molar-refractivity contribution in [1.29, 1.82) is 0 Å². The maximum Gasteiger partial charge on any atom is 0.0998 e. The Morgan fingerprint density at radius 3 is 2.94 bits per heavy atom. The number of aliphatic hydroxyl groups is 1. The van der Waals surface area contributed by atoms with Gasteiger partial charge in [0.2, 0.25) is 0 Å². The third kappa shape index (κ3) is 1.48. The van der Waals surface area contributed by atoms with Crippen LogP contribution < -0.4 is 5.32 Å². The van der Waals surface area contributed by atoms with Crippen LogP contribution in [-0.4, -0.2) is 11.1 Å². The molecule has 0 spiro atoms. The number of aliphatic hydroxyl groups excluding tert-OH is 1. The summed E-state index contributed by atoms with van der Waals surface area (Å²) in [5, 5.41) is 13.5. The molecule has 0 bridgehead atoms. The van der Waals surface area contributed by atoms with Crippen molar-refractivity contribution in [2.45, 2.75) is 12.1 Å². The first-order valence-corrected chi connectivity index (χ1v) is 5.45. The summed E-state index contributed by atoms with van der Waals surface area (Å²) in [5.74, 6) is 0. The largest absolute Gasteiger partial charge is 0.384 e. The molecule has 1 aliphatic heterocycles. The first-order chi connectivity index (χ1) is 7.84. The fraction of sp³-hybridized carbons (Fsp3) is 0.143. The van der Waals surface area contributed by atoms with Crippen molar-refractivity contribution in [2.24, 2.45) is 0 Å². The standard InChI is InChI=1S/C14H13NO/c16-14-9-10-5-1-3-7-12(10)15-13-8-4-2-6-11(13)14/h1-9,12,14-16H. The summed E-state index contributed by atoms with van der Waals surface area (Å²) in [5.41, 5.74) is 3.06. The molecule has 0 fully saturated rings. The SMILES string of the molecule is OC1C=C2C=CC=CC2Nc2ccccc21. The van der Waals surface area contributed by atoms with Crippen molar-refractivity contribution >= 4 is 5.69 Å². The van der Waals surface area contributed by atoms with Crippen LogP contribution in [-0.2, 0) is 0 Å². The lowest BCUT2D eigenvalue weighted by atomic mass is 10.0. The minimum Gasteiger partial charge on any atom is -0.384 e. The Labute approximate surface area is 94.6 Å². The molecule has 2 atom stereocenters. The monoisotopic (exact) mass is 211 g/mol. The van der Waals surface area contributed by atoms with Gasteiger partial charge < -0.3 is 10.4 Å². The van der Waals surface area contributed by atoms with Gasteiger partial charge in [0.25, 0.3) is 0 Å². The van der Waals surface area contributed by atoms with Crippen LogP contribution in [0.1, 0.15) is 11.7 Å². The number of allylic oxidation sites excluding steroid dienone is 2. The Balaban J connectivity index is 2.10. The molecule has 0 radical (unpaired) electrons. The van der Waals surface area contributed by atoms with Gasteiger partial charge in [0.15, 0.2) is 0 Å². The van der Waals surface area contributed by atoms with E-state index >= 15 is 0 Å². The van der Waals surface area contributed by atoms with Crippen molar-refractivity contribution in [1.82, 2.24) is 0 Å². The lowest BCUT2D eigenvalue weighted by molar-refractivity contribution is 0.229. The van der Waals surface area contributed by atoms with Crippen LogP contribution in [0.15, 0.2) is 60.2 Å². The first-order valence-electron chi connectivity index (χ1n) is 5.45. The van der Waals surface area contributed by atoms with Crippen molar-refractivity contribution in [3.63, 3.8) is 0 Å². The van der Waals surface area contributed by atoms with Gasteiger partial charge in [-0.2, -0.15) is 0 Å². The topological polar surface area (TPSA) is 32.3 Å². The summed E-state index contributed by atoms with van der Waals surface area (Å²) in [6.45, 7) is 0. The number of hydrogen-bond donors (Lipinski definition) is 2. The highest BCUT2D eigenvalue weighted by Gasteiger charge is 2.20. The average molecular weight is 211 g/mol. The predicted molar refractivity (Wildman–Crippen MR) is 65.2 cm³/mol.